The first kappa shape index (κ1) is 25.0. The van der Waals surface area contributed by atoms with E-state index in [2.05, 4.69) is 27.9 Å². The summed E-state index contributed by atoms with van der Waals surface area (Å²) in [4.78, 5) is 31.6. The molecule has 4 aromatic rings. The fourth-order valence-corrected chi connectivity index (χ4v) is 5.10. The Morgan fingerprint density at radius 3 is 2.62 bits per heavy atom. The number of rotatable bonds is 11. The van der Waals surface area contributed by atoms with Gasteiger partial charge in [0.1, 0.15) is 5.82 Å². The number of oxazole rings is 1. The Morgan fingerprint density at radius 1 is 1.00 bits per heavy atom. The van der Waals surface area contributed by atoms with Crippen LogP contribution in [0.3, 0.4) is 0 Å². The number of hydrogen-bond donors (Lipinski definition) is 0. The number of hydrogen-bond acceptors (Lipinski definition) is 5. The molecule has 1 fully saturated rings. The molecule has 1 aliphatic rings. The van der Waals surface area contributed by atoms with Crippen LogP contribution in [-0.2, 0) is 29.2 Å². The molecule has 0 saturated carbocycles. The third kappa shape index (κ3) is 6.20. The minimum Gasteiger partial charge on any atom is -0.408 e. The van der Waals surface area contributed by atoms with Gasteiger partial charge in [-0.15, -0.1) is 0 Å². The average molecular weight is 503 g/mol. The second kappa shape index (κ2) is 12.1. The molecule has 8 heteroatoms. The maximum atomic E-state index is 12.9. The maximum Gasteiger partial charge on any atom is 0.419 e. The van der Waals surface area contributed by atoms with E-state index in [0.29, 0.717) is 37.7 Å². The highest BCUT2D eigenvalue weighted by Gasteiger charge is 2.26. The van der Waals surface area contributed by atoms with Crippen molar-refractivity contribution in [3.8, 4) is 0 Å². The molecule has 0 bridgehead atoms. The summed E-state index contributed by atoms with van der Waals surface area (Å²) < 4.78 is 14.9. The molecule has 1 saturated heterocycles. The van der Waals surface area contributed by atoms with E-state index in [1.807, 2.05) is 47.5 Å². The lowest BCUT2D eigenvalue weighted by Crippen LogP contribution is -2.39. The van der Waals surface area contributed by atoms with Crippen LogP contribution < -0.4 is 5.76 Å². The lowest BCUT2D eigenvalue weighted by Gasteiger charge is -2.32. The zero-order valence-electron chi connectivity index (χ0n) is 21.1. The Hall–Kier alpha value is -3.65. The molecule has 0 aliphatic carbocycles. The number of carbonyl (C=O) groups is 1. The van der Waals surface area contributed by atoms with Gasteiger partial charge in [0.05, 0.1) is 12.1 Å². The van der Waals surface area contributed by atoms with Gasteiger partial charge in [-0.2, -0.15) is 0 Å². The minimum absolute atomic E-state index is 0.0782. The third-order valence-electron chi connectivity index (χ3n) is 7.13. The Bertz CT molecular complexity index is 1350. The van der Waals surface area contributed by atoms with Crippen molar-refractivity contribution in [1.29, 1.82) is 0 Å². The highest BCUT2D eigenvalue weighted by atomic mass is 16.5. The summed E-state index contributed by atoms with van der Waals surface area (Å²) in [5.74, 6) is 1.14. The lowest BCUT2D eigenvalue weighted by molar-refractivity contribution is -0.132. The van der Waals surface area contributed by atoms with Crippen LogP contribution >= 0.6 is 0 Å². The summed E-state index contributed by atoms with van der Waals surface area (Å²) in [6.45, 7) is 4.09. The molecule has 0 spiro atoms. The number of amides is 1. The normalized spacial score (nSPS) is 14.4. The number of carbonyl (C=O) groups excluding carboxylic acids is 1. The van der Waals surface area contributed by atoms with Gasteiger partial charge in [0, 0.05) is 57.5 Å². The van der Waals surface area contributed by atoms with Crippen LogP contribution in [0.4, 0.5) is 0 Å². The van der Waals surface area contributed by atoms with Crippen LogP contribution in [0.25, 0.3) is 11.1 Å². The molecule has 0 N–H and O–H groups in total. The molecular formula is C29H34N4O4. The molecule has 37 heavy (non-hydrogen) atoms. The first-order valence-electron chi connectivity index (χ1n) is 13.2. The van der Waals surface area contributed by atoms with E-state index in [1.165, 1.54) is 5.56 Å². The predicted molar refractivity (Wildman–Crippen MR) is 141 cm³/mol. The van der Waals surface area contributed by atoms with E-state index >= 15 is 0 Å². The lowest BCUT2D eigenvalue weighted by atomic mass is 9.95. The quantitative estimate of drug-likeness (QED) is 0.280. The van der Waals surface area contributed by atoms with E-state index in [4.69, 9.17) is 9.15 Å². The minimum atomic E-state index is -0.415. The second-order valence-electron chi connectivity index (χ2n) is 9.62. The highest BCUT2D eigenvalue weighted by molar-refractivity contribution is 5.77. The molecule has 2 aromatic heterocycles. The third-order valence-corrected chi connectivity index (χ3v) is 7.13. The molecule has 0 unspecified atom stereocenters. The van der Waals surface area contributed by atoms with E-state index in [-0.39, 0.29) is 12.3 Å². The number of piperidine rings is 1. The average Bonchev–Trinajstić information content (AvgIpc) is 3.53. The van der Waals surface area contributed by atoms with Crippen molar-refractivity contribution in [2.24, 2.45) is 0 Å². The van der Waals surface area contributed by atoms with Gasteiger partial charge in [0.25, 0.3) is 0 Å². The molecule has 5 rings (SSSR count). The summed E-state index contributed by atoms with van der Waals surface area (Å²) in [6.07, 6.45) is 8.07. The van der Waals surface area contributed by atoms with Crippen molar-refractivity contribution in [3.05, 3.63) is 88.9 Å². The van der Waals surface area contributed by atoms with Crippen molar-refractivity contribution < 1.29 is 13.9 Å². The van der Waals surface area contributed by atoms with Crippen LogP contribution in [0.15, 0.2) is 76.2 Å². The Kier molecular flexibility index (Phi) is 8.15. The fraction of sp³-hybridized carbons (Fsp3) is 0.414. The number of likely N-dealkylation sites (tertiary alicyclic amines) is 1. The zero-order valence-corrected chi connectivity index (χ0v) is 21.1. The molecule has 1 aliphatic heterocycles. The number of benzene rings is 2. The van der Waals surface area contributed by atoms with Gasteiger partial charge in [0.15, 0.2) is 5.58 Å². The predicted octanol–water partition coefficient (Wildman–Crippen LogP) is 4.58. The van der Waals surface area contributed by atoms with Crippen molar-refractivity contribution >= 4 is 17.0 Å². The first-order valence-corrected chi connectivity index (χ1v) is 13.2. The molecular weight excluding hydrogens is 468 g/mol. The standard InChI is InChI=1S/C29H34N4O4/c34-27(14-19-33-25-10-4-5-11-26(25)37-29(33)35)31-17-12-24(13-18-31)28-30-15-20-32(28)16-6-7-21-36-22-23-8-2-1-3-9-23/h1-5,8-11,15,20,24H,6-7,12-14,16-19,21-22H2. The molecule has 3 heterocycles. The van der Waals surface area contributed by atoms with Crippen molar-refractivity contribution in [3.63, 3.8) is 0 Å². The van der Waals surface area contributed by atoms with Crippen LogP contribution in [0, 0.1) is 0 Å². The monoisotopic (exact) mass is 502 g/mol. The smallest absolute Gasteiger partial charge is 0.408 e. The van der Waals surface area contributed by atoms with Crippen LogP contribution in [-0.4, -0.2) is 44.6 Å². The number of nitrogens with zero attached hydrogens (tertiary/aromatic N) is 4. The van der Waals surface area contributed by atoms with Gasteiger partial charge in [0.2, 0.25) is 5.91 Å². The zero-order chi connectivity index (χ0) is 25.5. The van der Waals surface area contributed by atoms with Crippen molar-refractivity contribution in [2.45, 2.75) is 57.7 Å². The van der Waals surface area contributed by atoms with Crippen LogP contribution in [0.1, 0.15) is 49.4 Å². The fourth-order valence-electron chi connectivity index (χ4n) is 5.10. The van der Waals surface area contributed by atoms with Crippen LogP contribution in [0.2, 0.25) is 0 Å². The summed E-state index contributed by atoms with van der Waals surface area (Å²) in [5.41, 5.74) is 2.48. The van der Waals surface area contributed by atoms with Gasteiger partial charge in [-0.3, -0.25) is 9.36 Å². The summed E-state index contributed by atoms with van der Waals surface area (Å²) in [7, 11) is 0. The van der Waals surface area contributed by atoms with E-state index < -0.39 is 5.76 Å². The molecule has 0 radical (unpaired) electrons. The summed E-state index contributed by atoms with van der Waals surface area (Å²) >= 11 is 0. The Labute approximate surface area is 216 Å². The van der Waals surface area contributed by atoms with Gasteiger partial charge >= 0.3 is 5.76 Å². The van der Waals surface area contributed by atoms with E-state index in [0.717, 1.165) is 50.2 Å². The van der Waals surface area contributed by atoms with E-state index in [9.17, 15) is 9.59 Å². The van der Waals surface area contributed by atoms with Gasteiger partial charge < -0.3 is 18.6 Å². The van der Waals surface area contributed by atoms with Gasteiger partial charge in [-0.05, 0) is 43.4 Å². The van der Waals surface area contributed by atoms with Gasteiger partial charge in [-0.1, -0.05) is 42.5 Å². The Balaban J connectivity index is 1.04. The number of imidazole rings is 1. The first-order chi connectivity index (χ1) is 18.2. The van der Waals surface area contributed by atoms with Gasteiger partial charge in [-0.25, -0.2) is 9.78 Å². The Morgan fingerprint density at radius 2 is 1.78 bits per heavy atom. The largest absolute Gasteiger partial charge is 0.419 e. The molecule has 1 amide bonds. The van der Waals surface area contributed by atoms with E-state index in [1.54, 1.807) is 10.6 Å². The second-order valence-corrected chi connectivity index (χ2v) is 9.62. The SMILES string of the molecule is O=C(CCn1c(=O)oc2ccccc21)N1CCC(c2nccn2CCCCOCc2ccccc2)CC1. The molecule has 8 nitrogen and oxygen atoms in total. The number of aromatic nitrogens is 3. The van der Waals surface area contributed by atoms with Crippen LogP contribution in [0.5, 0.6) is 0 Å². The molecule has 194 valence electrons. The van der Waals surface area contributed by atoms with Crippen molar-refractivity contribution in [1.82, 2.24) is 19.0 Å². The summed E-state index contributed by atoms with van der Waals surface area (Å²) in [5, 5.41) is 0. The molecule has 2 aromatic carbocycles. The topological polar surface area (TPSA) is 82.5 Å². The number of aryl methyl sites for hydroxylation is 2. The highest BCUT2D eigenvalue weighted by Crippen LogP contribution is 2.27. The van der Waals surface area contributed by atoms with Crippen molar-refractivity contribution in [2.75, 3.05) is 19.7 Å². The molecule has 0 atom stereocenters. The number of fused-ring (bicyclic) bond motifs is 1. The number of ether oxygens (including phenoxy) is 1. The number of unbranched alkanes of at least 4 members (excludes halogenated alkanes) is 1. The summed E-state index contributed by atoms with van der Waals surface area (Å²) in [6, 6.07) is 17.6. The maximum absolute atomic E-state index is 12.9. The number of para-hydroxylation sites is 2.